The molecule has 0 amide bonds. The summed E-state index contributed by atoms with van der Waals surface area (Å²) in [6.07, 6.45) is 5.06. The highest BCUT2D eigenvalue weighted by Gasteiger charge is 2.38. The Hall–Kier alpha value is -0.610. The predicted octanol–water partition coefficient (Wildman–Crippen LogP) is 2.51. The molecule has 0 saturated heterocycles. The molecule has 0 radical (unpaired) electrons. The van der Waals surface area contributed by atoms with Crippen molar-refractivity contribution < 1.29 is 14.3 Å². The minimum Gasteiger partial charge on any atom is -0.468 e. The lowest BCUT2D eigenvalue weighted by molar-refractivity contribution is -0.148. The van der Waals surface area contributed by atoms with E-state index in [0.29, 0.717) is 18.6 Å². The first-order chi connectivity index (χ1) is 8.98. The maximum Gasteiger partial charge on any atom is 0.325 e. The molecule has 0 aromatic rings. The molecular weight excluding hydrogens is 242 g/mol. The number of hydrogen-bond donors (Lipinski definition) is 1. The lowest BCUT2D eigenvalue weighted by Crippen LogP contribution is -2.51. The molecule has 4 heteroatoms. The number of carbonyl (C=O) groups excluding carboxylic acids is 1. The molecule has 1 fully saturated rings. The summed E-state index contributed by atoms with van der Waals surface area (Å²) in [5.41, 5.74) is -0.558. The number of esters is 1. The summed E-state index contributed by atoms with van der Waals surface area (Å²) in [6.45, 7) is 7.84. The molecule has 0 aromatic heterocycles. The topological polar surface area (TPSA) is 47.6 Å². The van der Waals surface area contributed by atoms with Gasteiger partial charge >= 0.3 is 5.97 Å². The van der Waals surface area contributed by atoms with Crippen LogP contribution in [0.3, 0.4) is 0 Å². The van der Waals surface area contributed by atoms with Gasteiger partial charge in [0.25, 0.3) is 0 Å². The Morgan fingerprint density at radius 1 is 1.37 bits per heavy atom. The van der Waals surface area contributed by atoms with Gasteiger partial charge in [-0.25, -0.2) is 0 Å². The first kappa shape index (κ1) is 16.4. The zero-order chi connectivity index (χ0) is 14.3. The molecule has 1 unspecified atom stereocenters. The van der Waals surface area contributed by atoms with Gasteiger partial charge in [0.1, 0.15) is 5.54 Å². The molecule has 0 bridgehead atoms. The SMILES string of the molecule is COC(=O)C(C)(CCCOCCC(C)C)NC1CC1. The first-order valence-electron chi connectivity index (χ1n) is 7.42. The highest BCUT2D eigenvalue weighted by Crippen LogP contribution is 2.25. The van der Waals surface area contributed by atoms with Crippen molar-refractivity contribution in [3.63, 3.8) is 0 Å². The highest BCUT2D eigenvalue weighted by atomic mass is 16.5. The van der Waals surface area contributed by atoms with Crippen LogP contribution in [0.25, 0.3) is 0 Å². The lowest BCUT2D eigenvalue weighted by Gasteiger charge is -2.28. The van der Waals surface area contributed by atoms with E-state index in [1.54, 1.807) is 0 Å². The van der Waals surface area contributed by atoms with Crippen LogP contribution in [0.1, 0.15) is 52.9 Å². The van der Waals surface area contributed by atoms with Crippen LogP contribution in [0.4, 0.5) is 0 Å². The van der Waals surface area contributed by atoms with E-state index in [4.69, 9.17) is 9.47 Å². The summed E-state index contributed by atoms with van der Waals surface area (Å²) in [7, 11) is 1.45. The van der Waals surface area contributed by atoms with Crippen molar-refractivity contribution in [3.05, 3.63) is 0 Å². The van der Waals surface area contributed by atoms with Crippen LogP contribution in [-0.2, 0) is 14.3 Å². The van der Waals surface area contributed by atoms with E-state index in [9.17, 15) is 4.79 Å². The number of carbonyl (C=O) groups is 1. The van der Waals surface area contributed by atoms with Gasteiger partial charge in [-0.2, -0.15) is 0 Å². The first-order valence-corrected chi connectivity index (χ1v) is 7.42. The van der Waals surface area contributed by atoms with Gasteiger partial charge in [-0.3, -0.25) is 10.1 Å². The molecule has 1 saturated carbocycles. The van der Waals surface area contributed by atoms with Crippen molar-refractivity contribution in [2.24, 2.45) is 5.92 Å². The Kier molecular flexibility index (Phi) is 6.80. The van der Waals surface area contributed by atoms with E-state index in [-0.39, 0.29) is 5.97 Å². The number of nitrogens with one attached hydrogen (secondary N) is 1. The Balaban J connectivity index is 2.22. The van der Waals surface area contributed by atoms with Crippen LogP contribution >= 0.6 is 0 Å². The minimum atomic E-state index is -0.558. The van der Waals surface area contributed by atoms with Crippen molar-refractivity contribution in [1.82, 2.24) is 5.32 Å². The molecule has 1 rings (SSSR count). The summed E-state index contributed by atoms with van der Waals surface area (Å²) >= 11 is 0. The molecule has 0 aliphatic heterocycles. The second kappa shape index (κ2) is 7.85. The van der Waals surface area contributed by atoms with E-state index >= 15 is 0 Å². The van der Waals surface area contributed by atoms with Crippen molar-refractivity contribution >= 4 is 5.97 Å². The van der Waals surface area contributed by atoms with Crippen molar-refractivity contribution in [2.45, 2.75) is 64.5 Å². The summed E-state index contributed by atoms with van der Waals surface area (Å²) in [6, 6.07) is 0.492. The lowest BCUT2D eigenvalue weighted by atomic mass is 9.96. The standard InChI is InChI=1S/C15H29NO3/c1-12(2)8-11-19-10-5-9-15(3,14(17)18-4)16-13-6-7-13/h12-13,16H,5-11H2,1-4H3. The molecule has 0 heterocycles. The summed E-state index contributed by atoms with van der Waals surface area (Å²) in [4.78, 5) is 11.9. The second-order valence-electron chi connectivity index (χ2n) is 6.14. The third kappa shape index (κ3) is 6.39. The maximum absolute atomic E-state index is 11.9. The molecular formula is C15H29NO3. The zero-order valence-corrected chi connectivity index (χ0v) is 12.8. The van der Waals surface area contributed by atoms with E-state index in [1.165, 1.54) is 7.11 Å². The monoisotopic (exact) mass is 271 g/mol. The van der Waals surface area contributed by atoms with E-state index < -0.39 is 5.54 Å². The summed E-state index contributed by atoms with van der Waals surface area (Å²) in [5.74, 6) is 0.512. The fourth-order valence-electron chi connectivity index (χ4n) is 2.09. The number of methoxy groups -OCH3 is 1. The van der Waals surface area contributed by atoms with Crippen molar-refractivity contribution in [3.8, 4) is 0 Å². The molecule has 4 nitrogen and oxygen atoms in total. The largest absolute Gasteiger partial charge is 0.468 e. The Bertz CT molecular complexity index is 277. The van der Waals surface area contributed by atoms with Crippen LogP contribution in [-0.4, -0.2) is 37.9 Å². The van der Waals surface area contributed by atoms with Crippen LogP contribution in [0.15, 0.2) is 0 Å². The summed E-state index contributed by atoms with van der Waals surface area (Å²) < 4.78 is 10.5. The quantitative estimate of drug-likeness (QED) is 0.490. The van der Waals surface area contributed by atoms with Gasteiger partial charge in [0.2, 0.25) is 0 Å². The smallest absolute Gasteiger partial charge is 0.325 e. The number of ether oxygens (including phenoxy) is 2. The third-order valence-corrected chi connectivity index (χ3v) is 3.54. The van der Waals surface area contributed by atoms with Crippen molar-refractivity contribution in [2.75, 3.05) is 20.3 Å². The van der Waals surface area contributed by atoms with Crippen LogP contribution < -0.4 is 5.32 Å². The zero-order valence-electron chi connectivity index (χ0n) is 12.8. The Morgan fingerprint density at radius 2 is 2.05 bits per heavy atom. The molecule has 1 N–H and O–H groups in total. The average molecular weight is 271 g/mol. The van der Waals surface area contributed by atoms with Crippen LogP contribution in [0.2, 0.25) is 0 Å². The van der Waals surface area contributed by atoms with E-state index in [0.717, 1.165) is 38.7 Å². The van der Waals surface area contributed by atoms with Gasteiger partial charge in [0.15, 0.2) is 0 Å². The van der Waals surface area contributed by atoms with Gasteiger partial charge in [-0.1, -0.05) is 13.8 Å². The predicted molar refractivity (Wildman–Crippen MR) is 76.1 cm³/mol. The molecule has 1 aliphatic carbocycles. The molecule has 1 aliphatic rings. The van der Waals surface area contributed by atoms with E-state index in [2.05, 4.69) is 19.2 Å². The molecule has 112 valence electrons. The normalized spacial score (nSPS) is 18.4. The molecule has 0 aromatic carbocycles. The maximum atomic E-state index is 11.9. The van der Waals surface area contributed by atoms with Gasteiger partial charge in [-0.05, 0) is 44.9 Å². The van der Waals surface area contributed by atoms with Crippen LogP contribution in [0.5, 0.6) is 0 Å². The summed E-state index contributed by atoms with van der Waals surface area (Å²) in [5, 5.41) is 3.40. The fourth-order valence-corrected chi connectivity index (χ4v) is 2.09. The molecule has 1 atom stereocenters. The Labute approximate surface area is 117 Å². The van der Waals surface area contributed by atoms with Gasteiger partial charge in [-0.15, -0.1) is 0 Å². The average Bonchev–Trinajstić information content (AvgIpc) is 3.15. The minimum absolute atomic E-state index is 0.165. The second-order valence-corrected chi connectivity index (χ2v) is 6.14. The Morgan fingerprint density at radius 3 is 2.58 bits per heavy atom. The molecule has 0 spiro atoms. The van der Waals surface area contributed by atoms with Gasteiger partial charge < -0.3 is 9.47 Å². The highest BCUT2D eigenvalue weighted by molar-refractivity contribution is 5.80. The van der Waals surface area contributed by atoms with Gasteiger partial charge in [0.05, 0.1) is 7.11 Å². The van der Waals surface area contributed by atoms with E-state index in [1.807, 2.05) is 6.92 Å². The van der Waals surface area contributed by atoms with Gasteiger partial charge in [0, 0.05) is 19.3 Å². The number of hydrogen-bond acceptors (Lipinski definition) is 4. The van der Waals surface area contributed by atoms with Crippen molar-refractivity contribution in [1.29, 1.82) is 0 Å². The fraction of sp³-hybridized carbons (Fsp3) is 0.933. The molecule has 19 heavy (non-hydrogen) atoms. The number of rotatable bonds is 10. The third-order valence-electron chi connectivity index (χ3n) is 3.54. The van der Waals surface area contributed by atoms with Crippen LogP contribution in [0, 0.1) is 5.92 Å².